The molecule has 0 heterocycles. The molecular formula is C21H30FNO4. The summed E-state index contributed by atoms with van der Waals surface area (Å²) in [5.41, 5.74) is -0.489. The number of halogens is 1. The Morgan fingerprint density at radius 3 is 2.11 bits per heavy atom. The van der Waals surface area contributed by atoms with Gasteiger partial charge in [-0.3, -0.25) is 4.79 Å². The molecule has 1 aromatic rings. The van der Waals surface area contributed by atoms with Crippen molar-refractivity contribution in [1.29, 1.82) is 0 Å². The minimum absolute atomic E-state index is 0.218. The lowest BCUT2D eigenvalue weighted by Gasteiger charge is -2.23. The predicted molar refractivity (Wildman–Crippen MR) is 103 cm³/mol. The fourth-order valence-electron chi connectivity index (χ4n) is 2.22. The summed E-state index contributed by atoms with van der Waals surface area (Å²) in [5.74, 6) is -1.15. The van der Waals surface area contributed by atoms with Gasteiger partial charge in [-0.2, -0.15) is 0 Å². The zero-order chi connectivity index (χ0) is 20.7. The number of carbonyl (C=O) groups excluding carboxylic acids is 2. The molecule has 0 bridgehead atoms. The molecule has 0 aliphatic carbocycles. The van der Waals surface area contributed by atoms with Gasteiger partial charge < -0.3 is 14.8 Å². The molecule has 1 aromatic carbocycles. The van der Waals surface area contributed by atoms with Crippen molar-refractivity contribution in [3.8, 4) is 0 Å². The standard InChI is InChI=1S/C21H30FNO4/c1-20(2,3)26-18(24)13-12-16(22)17(14-15-10-8-7-9-11-15)23-19(25)27-21(4,5)6/h7-12,17H,13-14H2,1-6H3,(H,23,25)/b16-12-/t17-/m0/s1. The smallest absolute Gasteiger partial charge is 0.408 e. The van der Waals surface area contributed by atoms with E-state index < -0.39 is 35.1 Å². The number of esters is 1. The van der Waals surface area contributed by atoms with E-state index in [2.05, 4.69) is 5.32 Å². The summed E-state index contributed by atoms with van der Waals surface area (Å²) < 4.78 is 25.1. The van der Waals surface area contributed by atoms with Crippen molar-refractivity contribution in [3.05, 3.63) is 47.8 Å². The lowest BCUT2D eigenvalue weighted by Crippen LogP contribution is -2.40. The number of ether oxygens (including phenoxy) is 2. The quantitative estimate of drug-likeness (QED) is 0.727. The Hall–Kier alpha value is -2.37. The lowest BCUT2D eigenvalue weighted by molar-refractivity contribution is -0.153. The highest BCUT2D eigenvalue weighted by Gasteiger charge is 2.23. The molecule has 1 atom stereocenters. The lowest BCUT2D eigenvalue weighted by atomic mass is 10.0. The van der Waals surface area contributed by atoms with Crippen molar-refractivity contribution < 1.29 is 23.5 Å². The first-order valence-corrected chi connectivity index (χ1v) is 8.96. The van der Waals surface area contributed by atoms with Crippen molar-refractivity contribution in [2.24, 2.45) is 0 Å². The predicted octanol–water partition coefficient (Wildman–Crippen LogP) is 4.71. The van der Waals surface area contributed by atoms with Gasteiger partial charge in [-0.25, -0.2) is 9.18 Å². The van der Waals surface area contributed by atoms with E-state index in [1.54, 1.807) is 41.5 Å². The second-order valence-corrected chi connectivity index (χ2v) is 8.27. The Morgan fingerprint density at radius 2 is 1.59 bits per heavy atom. The third kappa shape index (κ3) is 10.4. The first-order chi connectivity index (χ1) is 12.4. The zero-order valence-corrected chi connectivity index (χ0v) is 17.0. The first kappa shape index (κ1) is 22.7. The van der Waals surface area contributed by atoms with Crippen LogP contribution in [0, 0.1) is 0 Å². The van der Waals surface area contributed by atoms with Crippen LogP contribution in [0.2, 0.25) is 0 Å². The second-order valence-electron chi connectivity index (χ2n) is 8.27. The highest BCUT2D eigenvalue weighted by atomic mass is 19.1. The number of rotatable bonds is 6. The maximum atomic E-state index is 14.7. The second kappa shape index (κ2) is 9.53. The van der Waals surface area contributed by atoms with E-state index in [0.29, 0.717) is 0 Å². The minimum atomic E-state index is -0.940. The molecule has 6 heteroatoms. The van der Waals surface area contributed by atoms with Gasteiger partial charge in [0.2, 0.25) is 0 Å². The van der Waals surface area contributed by atoms with Gasteiger partial charge in [0.1, 0.15) is 17.0 Å². The molecule has 0 radical (unpaired) electrons. The van der Waals surface area contributed by atoms with E-state index in [1.807, 2.05) is 30.3 Å². The Labute approximate surface area is 160 Å². The van der Waals surface area contributed by atoms with Gasteiger partial charge in [0.15, 0.2) is 0 Å². The third-order valence-electron chi connectivity index (χ3n) is 3.19. The van der Waals surface area contributed by atoms with Gasteiger partial charge in [-0.1, -0.05) is 30.3 Å². The van der Waals surface area contributed by atoms with Gasteiger partial charge in [0.25, 0.3) is 0 Å². The number of amides is 1. The number of hydrogen-bond donors (Lipinski definition) is 1. The van der Waals surface area contributed by atoms with E-state index in [0.717, 1.165) is 11.6 Å². The van der Waals surface area contributed by atoms with Crippen molar-refractivity contribution in [2.45, 2.75) is 71.6 Å². The van der Waals surface area contributed by atoms with Crippen molar-refractivity contribution in [1.82, 2.24) is 5.32 Å². The summed E-state index contributed by atoms with van der Waals surface area (Å²) in [4.78, 5) is 23.9. The van der Waals surface area contributed by atoms with Crippen LogP contribution < -0.4 is 5.32 Å². The maximum Gasteiger partial charge on any atom is 0.408 e. The molecule has 1 N–H and O–H groups in total. The molecule has 27 heavy (non-hydrogen) atoms. The van der Waals surface area contributed by atoms with Crippen LogP contribution in [-0.4, -0.2) is 29.3 Å². The molecule has 0 unspecified atom stereocenters. The SMILES string of the molecule is CC(C)(C)OC(=O)C/C=C(\F)[C@H](Cc1ccccc1)NC(=O)OC(C)(C)C. The molecule has 0 spiro atoms. The van der Waals surface area contributed by atoms with Crippen LogP contribution in [-0.2, 0) is 20.7 Å². The topological polar surface area (TPSA) is 64.6 Å². The average molecular weight is 379 g/mol. The molecule has 0 saturated carbocycles. The highest BCUT2D eigenvalue weighted by molar-refractivity contribution is 5.72. The summed E-state index contributed by atoms with van der Waals surface area (Å²) in [6.07, 6.45) is 0.435. The number of benzene rings is 1. The molecule has 0 aliphatic rings. The van der Waals surface area contributed by atoms with Crippen LogP contribution in [0.5, 0.6) is 0 Å². The molecular weight excluding hydrogens is 349 g/mol. The average Bonchev–Trinajstić information content (AvgIpc) is 2.49. The largest absolute Gasteiger partial charge is 0.460 e. The fraction of sp³-hybridized carbons (Fsp3) is 0.524. The third-order valence-corrected chi connectivity index (χ3v) is 3.19. The van der Waals surface area contributed by atoms with Gasteiger partial charge in [0.05, 0.1) is 12.5 Å². The fourth-order valence-corrected chi connectivity index (χ4v) is 2.22. The number of alkyl carbamates (subject to hydrolysis) is 1. The molecule has 5 nitrogen and oxygen atoms in total. The summed E-state index contributed by atoms with van der Waals surface area (Å²) >= 11 is 0. The Bertz CT molecular complexity index is 657. The van der Waals surface area contributed by atoms with Gasteiger partial charge >= 0.3 is 12.1 Å². The van der Waals surface area contributed by atoms with Crippen molar-refractivity contribution in [2.75, 3.05) is 0 Å². The van der Waals surface area contributed by atoms with Crippen molar-refractivity contribution >= 4 is 12.1 Å². The van der Waals surface area contributed by atoms with Crippen LogP contribution >= 0.6 is 0 Å². The van der Waals surface area contributed by atoms with Crippen LogP contribution in [0.4, 0.5) is 9.18 Å². The summed E-state index contributed by atoms with van der Waals surface area (Å²) in [5, 5.41) is 2.54. The summed E-state index contributed by atoms with van der Waals surface area (Å²) in [6, 6.07) is 8.26. The van der Waals surface area contributed by atoms with Crippen molar-refractivity contribution in [3.63, 3.8) is 0 Å². The first-order valence-electron chi connectivity index (χ1n) is 8.96. The Balaban J connectivity index is 2.86. The summed E-state index contributed by atoms with van der Waals surface area (Å²) in [7, 11) is 0. The maximum absolute atomic E-state index is 14.7. The number of carbonyl (C=O) groups is 2. The highest BCUT2D eigenvalue weighted by Crippen LogP contribution is 2.16. The molecule has 0 fully saturated rings. The molecule has 1 amide bonds. The molecule has 1 rings (SSSR count). The Kier molecular flexibility index (Phi) is 8.00. The number of nitrogens with one attached hydrogen (secondary N) is 1. The zero-order valence-electron chi connectivity index (χ0n) is 17.0. The van der Waals surface area contributed by atoms with E-state index in [9.17, 15) is 14.0 Å². The monoisotopic (exact) mass is 379 g/mol. The van der Waals surface area contributed by atoms with Gasteiger partial charge in [-0.15, -0.1) is 0 Å². The molecule has 0 saturated heterocycles. The van der Waals surface area contributed by atoms with Crippen LogP contribution in [0.3, 0.4) is 0 Å². The van der Waals surface area contributed by atoms with Gasteiger partial charge in [-0.05, 0) is 59.6 Å². The van der Waals surface area contributed by atoms with Crippen LogP contribution in [0.25, 0.3) is 0 Å². The van der Waals surface area contributed by atoms with Crippen LogP contribution in [0.15, 0.2) is 42.2 Å². The Morgan fingerprint density at radius 1 is 1.04 bits per heavy atom. The minimum Gasteiger partial charge on any atom is -0.460 e. The molecule has 0 aromatic heterocycles. The van der Waals surface area contributed by atoms with E-state index in [-0.39, 0.29) is 12.8 Å². The van der Waals surface area contributed by atoms with E-state index in [1.165, 1.54) is 0 Å². The molecule has 150 valence electrons. The van der Waals surface area contributed by atoms with E-state index in [4.69, 9.17) is 9.47 Å². The van der Waals surface area contributed by atoms with E-state index >= 15 is 0 Å². The summed E-state index contributed by atoms with van der Waals surface area (Å²) in [6.45, 7) is 10.4. The molecule has 0 aliphatic heterocycles. The van der Waals surface area contributed by atoms with Gasteiger partial charge in [0, 0.05) is 0 Å². The normalized spacial score (nSPS) is 13.7. The number of hydrogen-bond acceptors (Lipinski definition) is 4. The van der Waals surface area contributed by atoms with Crippen LogP contribution in [0.1, 0.15) is 53.5 Å².